The molecule has 0 radical (unpaired) electrons. The molecular formula is C16H24N2O2S. The van der Waals surface area contributed by atoms with Crippen molar-refractivity contribution in [2.45, 2.75) is 38.2 Å². The zero-order valence-electron chi connectivity index (χ0n) is 12.7. The van der Waals surface area contributed by atoms with Gasteiger partial charge in [0.25, 0.3) is 5.91 Å². The van der Waals surface area contributed by atoms with E-state index in [1.165, 1.54) is 29.7 Å². The summed E-state index contributed by atoms with van der Waals surface area (Å²) in [5.41, 5.74) is 1.42. The Balaban J connectivity index is 1.70. The molecule has 2 aliphatic rings. The van der Waals surface area contributed by atoms with Crippen LogP contribution in [0, 0.1) is 0 Å². The molecule has 1 aromatic rings. The smallest absolute Gasteiger partial charge is 0.264 e. The van der Waals surface area contributed by atoms with Gasteiger partial charge in [0.1, 0.15) is 0 Å². The first-order chi connectivity index (χ1) is 10.3. The molecule has 0 bridgehead atoms. The maximum Gasteiger partial charge on any atom is 0.264 e. The lowest BCUT2D eigenvalue weighted by Gasteiger charge is -2.32. The Hall–Kier alpha value is -0.910. The molecule has 0 saturated carbocycles. The number of nitrogens with zero attached hydrogens (tertiary/aromatic N) is 1. The number of fused-ring (bicyclic) bond motifs is 1. The summed E-state index contributed by atoms with van der Waals surface area (Å²) in [7, 11) is 1.92. The summed E-state index contributed by atoms with van der Waals surface area (Å²) in [4.78, 5) is 17.0. The van der Waals surface area contributed by atoms with Crippen LogP contribution in [0.15, 0.2) is 6.07 Å². The van der Waals surface area contributed by atoms with Crippen LogP contribution < -0.4 is 5.32 Å². The number of ether oxygens (including phenoxy) is 1. The third-order valence-corrected chi connectivity index (χ3v) is 5.54. The average molecular weight is 308 g/mol. The van der Waals surface area contributed by atoms with Gasteiger partial charge in [-0.1, -0.05) is 6.42 Å². The van der Waals surface area contributed by atoms with E-state index in [1.54, 1.807) is 11.3 Å². The van der Waals surface area contributed by atoms with E-state index in [0.717, 1.165) is 24.3 Å². The number of carbonyl (C=O) groups excluding carboxylic acids is 1. The molecule has 1 amide bonds. The Morgan fingerprint density at radius 2 is 2.29 bits per heavy atom. The molecule has 116 valence electrons. The molecule has 2 heterocycles. The Labute approximate surface area is 130 Å². The highest BCUT2D eigenvalue weighted by molar-refractivity contribution is 7.14. The average Bonchev–Trinajstić information content (AvgIpc) is 2.78. The number of nitrogens with one attached hydrogen (secondary N) is 1. The van der Waals surface area contributed by atoms with E-state index in [-0.39, 0.29) is 12.0 Å². The molecule has 4 nitrogen and oxygen atoms in total. The van der Waals surface area contributed by atoms with Crippen LogP contribution in [0.1, 0.15) is 39.4 Å². The van der Waals surface area contributed by atoms with E-state index in [0.29, 0.717) is 19.7 Å². The lowest BCUT2D eigenvalue weighted by Crippen LogP contribution is -2.48. The number of hydrogen-bond acceptors (Lipinski definition) is 4. The van der Waals surface area contributed by atoms with Crippen molar-refractivity contribution >= 4 is 17.2 Å². The quantitative estimate of drug-likeness (QED) is 0.869. The number of hydrogen-bond donors (Lipinski definition) is 1. The van der Waals surface area contributed by atoms with Crippen LogP contribution in [0.4, 0.5) is 0 Å². The highest BCUT2D eigenvalue weighted by Gasteiger charge is 2.26. The molecule has 1 unspecified atom stereocenters. The second-order valence-corrected chi connectivity index (χ2v) is 7.06. The third kappa shape index (κ3) is 3.47. The fraction of sp³-hybridized carbons (Fsp3) is 0.688. The van der Waals surface area contributed by atoms with E-state index in [1.807, 2.05) is 11.9 Å². The number of rotatable bonds is 3. The standard InChI is InChI=1S/C16H24N2O2S/c1-17-10-13-11-18(7-8-20-13)16(19)15-9-12-5-3-2-4-6-14(12)21-15/h9,13,17H,2-8,10-11H2,1H3. The number of carbonyl (C=O) groups is 1. The van der Waals surface area contributed by atoms with Crippen LogP contribution in [0.2, 0.25) is 0 Å². The normalized spacial score (nSPS) is 22.7. The summed E-state index contributed by atoms with van der Waals surface area (Å²) < 4.78 is 5.68. The van der Waals surface area contributed by atoms with Crippen molar-refractivity contribution in [3.8, 4) is 0 Å². The van der Waals surface area contributed by atoms with Crippen molar-refractivity contribution in [2.24, 2.45) is 0 Å². The van der Waals surface area contributed by atoms with Gasteiger partial charge >= 0.3 is 0 Å². The van der Waals surface area contributed by atoms with Gasteiger partial charge in [-0.3, -0.25) is 4.79 Å². The maximum absolute atomic E-state index is 12.7. The number of thiophene rings is 1. The largest absolute Gasteiger partial charge is 0.373 e. The van der Waals surface area contributed by atoms with Gasteiger partial charge in [-0.15, -0.1) is 11.3 Å². The topological polar surface area (TPSA) is 41.6 Å². The van der Waals surface area contributed by atoms with Crippen molar-refractivity contribution in [1.29, 1.82) is 0 Å². The van der Waals surface area contributed by atoms with E-state index < -0.39 is 0 Å². The lowest BCUT2D eigenvalue weighted by atomic mass is 10.1. The molecule has 0 aromatic carbocycles. The molecular weight excluding hydrogens is 284 g/mol. The summed E-state index contributed by atoms with van der Waals surface area (Å²) in [6.07, 6.45) is 6.26. The second kappa shape index (κ2) is 6.90. The lowest BCUT2D eigenvalue weighted by molar-refractivity contribution is -0.0194. The van der Waals surface area contributed by atoms with Crippen LogP contribution in [0.25, 0.3) is 0 Å². The summed E-state index contributed by atoms with van der Waals surface area (Å²) in [6.45, 7) is 2.84. The molecule has 1 aliphatic heterocycles. The van der Waals surface area contributed by atoms with Crippen LogP contribution in [-0.2, 0) is 17.6 Å². The SMILES string of the molecule is CNCC1CN(C(=O)c2cc3c(s2)CCCCC3)CCO1. The van der Waals surface area contributed by atoms with E-state index in [2.05, 4.69) is 11.4 Å². The minimum atomic E-state index is 0.116. The fourth-order valence-corrected chi connectivity index (χ4v) is 4.41. The number of likely N-dealkylation sites (N-methyl/N-ethyl adjacent to an activating group) is 1. The molecule has 1 atom stereocenters. The zero-order chi connectivity index (χ0) is 14.7. The number of morpholine rings is 1. The van der Waals surface area contributed by atoms with Crippen molar-refractivity contribution < 1.29 is 9.53 Å². The van der Waals surface area contributed by atoms with Crippen LogP contribution in [0.5, 0.6) is 0 Å². The molecule has 3 rings (SSSR count). The van der Waals surface area contributed by atoms with Gasteiger partial charge in [0.05, 0.1) is 17.6 Å². The van der Waals surface area contributed by atoms with Crippen molar-refractivity contribution in [1.82, 2.24) is 10.2 Å². The van der Waals surface area contributed by atoms with Crippen LogP contribution in [-0.4, -0.2) is 50.2 Å². The van der Waals surface area contributed by atoms with E-state index in [9.17, 15) is 4.79 Å². The monoisotopic (exact) mass is 308 g/mol. The predicted octanol–water partition coefficient (Wildman–Crippen LogP) is 2.08. The second-order valence-electron chi connectivity index (χ2n) is 5.92. The van der Waals surface area contributed by atoms with Crippen LogP contribution >= 0.6 is 11.3 Å². The van der Waals surface area contributed by atoms with Gasteiger partial charge in [-0.25, -0.2) is 0 Å². The summed E-state index contributed by atoms with van der Waals surface area (Å²) in [6, 6.07) is 2.15. The minimum Gasteiger partial charge on any atom is -0.373 e. The predicted molar refractivity (Wildman–Crippen MR) is 85.1 cm³/mol. The number of amides is 1. The summed E-state index contributed by atoms with van der Waals surface area (Å²) >= 11 is 1.72. The number of aryl methyl sites for hydroxylation is 2. The summed E-state index contributed by atoms with van der Waals surface area (Å²) in [5, 5.41) is 3.12. The molecule has 1 aliphatic carbocycles. The van der Waals surface area contributed by atoms with Crippen molar-refractivity contribution in [3.63, 3.8) is 0 Å². The Kier molecular flexibility index (Phi) is 4.93. The molecule has 1 fully saturated rings. The Morgan fingerprint density at radius 3 is 3.14 bits per heavy atom. The van der Waals surface area contributed by atoms with Gasteiger partial charge in [0.2, 0.25) is 0 Å². The molecule has 5 heteroatoms. The van der Waals surface area contributed by atoms with E-state index >= 15 is 0 Å². The maximum atomic E-state index is 12.7. The van der Waals surface area contributed by atoms with Gasteiger partial charge in [-0.05, 0) is 44.4 Å². The first kappa shape index (κ1) is 15.0. The zero-order valence-corrected chi connectivity index (χ0v) is 13.5. The van der Waals surface area contributed by atoms with Gasteiger partial charge in [-0.2, -0.15) is 0 Å². The first-order valence-electron chi connectivity index (χ1n) is 7.95. The third-order valence-electron chi connectivity index (χ3n) is 4.32. The minimum absolute atomic E-state index is 0.116. The van der Waals surface area contributed by atoms with Crippen molar-refractivity contribution in [3.05, 3.63) is 21.4 Å². The van der Waals surface area contributed by atoms with E-state index in [4.69, 9.17) is 4.74 Å². The molecule has 1 N–H and O–H groups in total. The Bertz CT molecular complexity index is 475. The van der Waals surface area contributed by atoms with Gasteiger partial charge < -0.3 is 15.0 Å². The summed E-state index contributed by atoms with van der Waals surface area (Å²) in [5.74, 6) is 0.192. The van der Waals surface area contributed by atoms with Crippen LogP contribution in [0.3, 0.4) is 0 Å². The van der Waals surface area contributed by atoms with Gasteiger partial charge in [0.15, 0.2) is 0 Å². The van der Waals surface area contributed by atoms with Crippen molar-refractivity contribution in [2.75, 3.05) is 33.3 Å². The Morgan fingerprint density at radius 1 is 1.43 bits per heavy atom. The highest BCUT2D eigenvalue weighted by atomic mass is 32.1. The fourth-order valence-electron chi connectivity index (χ4n) is 3.18. The molecule has 1 aromatic heterocycles. The molecule has 1 saturated heterocycles. The molecule has 0 spiro atoms. The molecule has 21 heavy (non-hydrogen) atoms. The first-order valence-corrected chi connectivity index (χ1v) is 8.76. The van der Waals surface area contributed by atoms with Gasteiger partial charge in [0, 0.05) is 24.5 Å². The highest BCUT2D eigenvalue weighted by Crippen LogP contribution is 2.30.